The van der Waals surface area contributed by atoms with E-state index in [1.54, 1.807) is 23.4 Å². The Hall–Kier alpha value is -1.95. The molecule has 2 aromatic rings. The van der Waals surface area contributed by atoms with Gasteiger partial charge in [-0.05, 0) is 19.1 Å². The van der Waals surface area contributed by atoms with E-state index in [1.807, 2.05) is 11.5 Å². The number of carbonyl (C=O) groups is 1. The number of aryl methyl sites for hydroxylation is 1. The van der Waals surface area contributed by atoms with Crippen molar-refractivity contribution in [1.29, 1.82) is 0 Å². The number of amides is 1. The van der Waals surface area contributed by atoms with Crippen LogP contribution in [0.15, 0.2) is 18.5 Å². The monoisotopic (exact) mass is 277 g/mol. The summed E-state index contributed by atoms with van der Waals surface area (Å²) in [7, 11) is 0. The molecular weight excluding hydrogens is 266 g/mol. The van der Waals surface area contributed by atoms with Gasteiger partial charge in [-0.1, -0.05) is 11.6 Å². The molecule has 0 atom stereocenters. The molecule has 0 unspecified atom stereocenters. The molecule has 0 fully saturated rings. The lowest BCUT2D eigenvalue weighted by molar-refractivity contribution is 0.0707. The number of nitrogens with zero attached hydrogens (tertiary/aromatic N) is 5. The smallest absolute Gasteiger partial charge is 0.254 e. The Balaban J connectivity index is 1.85. The van der Waals surface area contributed by atoms with Crippen LogP contribution < -0.4 is 0 Å². The molecule has 3 heterocycles. The molecule has 3 rings (SSSR count). The largest absolute Gasteiger partial charge is 0.329 e. The van der Waals surface area contributed by atoms with E-state index in [4.69, 9.17) is 11.6 Å². The lowest BCUT2D eigenvalue weighted by Gasteiger charge is -2.27. The van der Waals surface area contributed by atoms with E-state index >= 15 is 0 Å². The van der Waals surface area contributed by atoms with Crippen molar-refractivity contribution in [3.63, 3.8) is 0 Å². The quantitative estimate of drug-likeness (QED) is 0.737. The molecule has 6 nitrogen and oxygen atoms in total. The summed E-state index contributed by atoms with van der Waals surface area (Å²) in [5.41, 5.74) is 1.29. The summed E-state index contributed by atoms with van der Waals surface area (Å²) in [5, 5.41) is 8.18. The number of pyridine rings is 1. The van der Waals surface area contributed by atoms with Crippen molar-refractivity contribution in [2.24, 2.45) is 0 Å². The molecule has 0 spiro atoms. The van der Waals surface area contributed by atoms with Gasteiger partial charge in [0.2, 0.25) is 0 Å². The highest BCUT2D eigenvalue weighted by molar-refractivity contribution is 6.29. The second kappa shape index (κ2) is 4.62. The van der Waals surface area contributed by atoms with Crippen molar-refractivity contribution in [1.82, 2.24) is 24.6 Å². The van der Waals surface area contributed by atoms with Gasteiger partial charge in [-0.15, -0.1) is 10.2 Å². The van der Waals surface area contributed by atoms with E-state index in [1.165, 1.54) is 0 Å². The summed E-state index contributed by atoms with van der Waals surface area (Å²) in [4.78, 5) is 18.2. The number of carbonyl (C=O) groups excluding carboxylic acids is 1. The Labute approximate surface area is 115 Å². The van der Waals surface area contributed by atoms with Gasteiger partial charge in [-0.2, -0.15) is 0 Å². The maximum absolute atomic E-state index is 12.4. The molecule has 0 saturated heterocycles. The van der Waals surface area contributed by atoms with Crippen molar-refractivity contribution in [2.45, 2.75) is 20.0 Å². The highest BCUT2D eigenvalue weighted by Gasteiger charge is 2.23. The standard InChI is InChI=1S/C12H12ClN5O/c1-8-4-9(5-10(13)15-8)12(19)17-2-3-18-7-14-16-11(18)6-17/h4-5,7H,2-3,6H2,1H3. The number of hydrogen-bond donors (Lipinski definition) is 0. The Kier molecular flexibility index (Phi) is 2.94. The molecule has 98 valence electrons. The van der Waals surface area contributed by atoms with E-state index in [-0.39, 0.29) is 5.91 Å². The van der Waals surface area contributed by atoms with Gasteiger partial charge in [-0.25, -0.2) is 4.98 Å². The van der Waals surface area contributed by atoms with Crippen LogP contribution in [-0.2, 0) is 13.1 Å². The van der Waals surface area contributed by atoms with Crippen LogP contribution in [-0.4, -0.2) is 37.1 Å². The molecule has 0 aromatic carbocycles. The molecule has 7 heteroatoms. The van der Waals surface area contributed by atoms with Crippen molar-refractivity contribution in [2.75, 3.05) is 6.54 Å². The van der Waals surface area contributed by atoms with Gasteiger partial charge in [-0.3, -0.25) is 4.79 Å². The van der Waals surface area contributed by atoms with Crippen LogP contribution in [0.25, 0.3) is 0 Å². The minimum Gasteiger partial charge on any atom is -0.329 e. The molecule has 1 aliphatic heterocycles. The predicted molar refractivity (Wildman–Crippen MR) is 68.7 cm³/mol. The van der Waals surface area contributed by atoms with Crippen molar-refractivity contribution < 1.29 is 4.79 Å². The average molecular weight is 278 g/mol. The highest BCUT2D eigenvalue weighted by atomic mass is 35.5. The zero-order chi connectivity index (χ0) is 13.4. The number of fused-ring (bicyclic) bond motifs is 1. The van der Waals surface area contributed by atoms with Crippen LogP contribution in [0, 0.1) is 6.92 Å². The second-order valence-corrected chi connectivity index (χ2v) is 4.87. The molecule has 2 aromatic heterocycles. The number of aromatic nitrogens is 4. The van der Waals surface area contributed by atoms with E-state index < -0.39 is 0 Å². The first-order chi connectivity index (χ1) is 9.13. The fourth-order valence-electron chi connectivity index (χ4n) is 2.17. The summed E-state index contributed by atoms with van der Waals surface area (Å²) < 4.78 is 1.95. The summed E-state index contributed by atoms with van der Waals surface area (Å²) in [5.74, 6) is 0.748. The molecule has 19 heavy (non-hydrogen) atoms. The minimum absolute atomic E-state index is 0.0540. The number of hydrogen-bond acceptors (Lipinski definition) is 4. The summed E-state index contributed by atoms with van der Waals surface area (Å²) in [6, 6.07) is 3.34. The zero-order valence-corrected chi connectivity index (χ0v) is 11.1. The normalized spacial score (nSPS) is 14.3. The molecule has 0 bridgehead atoms. The first kappa shape index (κ1) is 12.1. The van der Waals surface area contributed by atoms with Crippen molar-refractivity contribution in [3.8, 4) is 0 Å². The number of rotatable bonds is 1. The highest BCUT2D eigenvalue weighted by Crippen LogP contribution is 2.16. The Bertz CT molecular complexity index is 619. The molecule has 0 aliphatic carbocycles. The second-order valence-electron chi connectivity index (χ2n) is 4.49. The van der Waals surface area contributed by atoms with Crippen LogP contribution in [0.1, 0.15) is 21.9 Å². The molecule has 1 amide bonds. The third-order valence-electron chi connectivity index (χ3n) is 3.10. The van der Waals surface area contributed by atoms with Crippen LogP contribution >= 0.6 is 11.6 Å². The Morgan fingerprint density at radius 2 is 2.21 bits per heavy atom. The van der Waals surface area contributed by atoms with Crippen LogP contribution in [0.3, 0.4) is 0 Å². The third-order valence-corrected chi connectivity index (χ3v) is 3.29. The first-order valence-corrected chi connectivity index (χ1v) is 6.31. The van der Waals surface area contributed by atoms with Crippen LogP contribution in [0.2, 0.25) is 5.15 Å². The van der Waals surface area contributed by atoms with E-state index in [0.717, 1.165) is 11.5 Å². The maximum atomic E-state index is 12.4. The van der Waals surface area contributed by atoms with Gasteiger partial charge in [0.05, 0.1) is 6.54 Å². The van der Waals surface area contributed by atoms with Gasteiger partial charge in [0.1, 0.15) is 11.5 Å². The maximum Gasteiger partial charge on any atom is 0.254 e. The molecule has 1 aliphatic rings. The fraction of sp³-hybridized carbons (Fsp3) is 0.333. The SMILES string of the molecule is Cc1cc(C(=O)N2CCn3cnnc3C2)cc(Cl)n1. The summed E-state index contributed by atoms with van der Waals surface area (Å²) in [6.45, 7) is 3.64. The van der Waals surface area contributed by atoms with Gasteiger partial charge < -0.3 is 9.47 Å². The summed E-state index contributed by atoms with van der Waals surface area (Å²) in [6.07, 6.45) is 1.69. The summed E-state index contributed by atoms with van der Waals surface area (Å²) >= 11 is 5.89. The third kappa shape index (κ3) is 2.31. The molecule has 0 N–H and O–H groups in total. The van der Waals surface area contributed by atoms with Gasteiger partial charge >= 0.3 is 0 Å². The first-order valence-electron chi connectivity index (χ1n) is 5.93. The van der Waals surface area contributed by atoms with E-state index in [0.29, 0.717) is 30.4 Å². The molecule has 0 saturated carbocycles. The minimum atomic E-state index is -0.0540. The fourth-order valence-corrected chi connectivity index (χ4v) is 2.42. The number of halogens is 1. The molecular formula is C12H12ClN5O. The van der Waals surface area contributed by atoms with E-state index in [2.05, 4.69) is 15.2 Å². The average Bonchev–Trinajstić information content (AvgIpc) is 2.83. The Morgan fingerprint density at radius 1 is 1.37 bits per heavy atom. The zero-order valence-electron chi connectivity index (χ0n) is 10.4. The van der Waals surface area contributed by atoms with Gasteiger partial charge in [0, 0.05) is 24.3 Å². The van der Waals surface area contributed by atoms with Crippen LogP contribution in [0.4, 0.5) is 0 Å². The lowest BCUT2D eigenvalue weighted by Crippen LogP contribution is -2.38. The van der Waals surface area contributed by atoms with Crippen LogP contribution in [0.5, 0.6) is 0 Å². The molecule has 0 radical (unpaired) electrons. The predicted octanol–water partition coefficient (Wildman–Crippen LogP) is 1.29. The lowest BCUT2D eigenvalue weighted by atomic mass is 10.2. The van der Waals surface area contributed by atoms with Gasteiger partial charge in [0.15, 0.2) is 5.82 Å². The van der Waals surface area contributed by atoms with E-state index in [9.17, 15) is 4.79 Å². The van der Waals surface area contributed by atoms with Crippen molar-refractivity contribution in [3.05, 3.63) is 40.7 Å². The Morgan fingerprint density at radius 3 is 3.00 bits per heavy atom. The van der Waals surface area contributed by atoms with Crippen molar-refractivity contribution >= 4 is 17.5 Å². The topological polar surface area (TPSA) is 63.9 Å². The van der Waals surface area contributed by atoms with Gasteiger partial charge in [0.25, 0.3) is 5.91 Å².